The van der Waals surface area contributed by atoms with Crippen molar-refractivity contribution in [2.24, 2.45) is 0 Å². The van der Waals surface area contributed by atoms with E-state index in [1.807, 2.05) is 42.5 Å². The molecule has 0 saturated carbocycles. The number of allylic oxidation sites excluding steroid dienone is 10. The summed E-state index contributed by atoms with van der Waals surface area (Å²) in [6.07, 6.45) is 42.3. The fourth-order valence-corrected chi connectivity index (χ4v) is 5.26. The molecule has 0 heterocycles. The van der Waals surface area contributed by atoms with Gasteiger partial charge in [-0.15, -0.1) is 0 Å². The third-order valence-corrected chi connectivity index (χ3v) is 8.27. The summed E-state index contributed by atoms with van der Waals surface area (Å²) in [6, 6.07) is 0. The van der Waals surface area contributed by atoms with Crippen molar-refractivity contribution in [2.75, 3.05) is 13.2 Å². The average molecular weight is 737 g/mol. The molecule has 0 aliphatic rings. The second kappa shape index (κ2) is 35.8. The van der Waals surface area contributed by atoms with Gasteiger partial charge < -0.3 is 24.4 Å². The molecule has 0 aromatic heterocycles. The highest BCUT2D eigenvalue weighted by atomic mass is 31.2. The van der Waals surface area contributed by atoms with Crippen LogP contribution < -0.4 is 0 Å². The molecule has 51 heavy (non-hydrogen) atoms. The number of hydrogen-bond acceptors (Lipinski definition) is 7. The van der Waals surface area contributed by atoms with Crippen LogP contribution in [-0.4, -0.2) is 52.3 Å². The van der Waals surface area contributed by atoms with Crippen LogP contribution >= 0.6 is 7.82 Å². The van der Waals surface area contributed by atoms with Crippen LogP contribution in [0.2, 0.25) is 0 Å². The van der Waals surface area contributed by atoms with Crippen molar-refractivity contribution in [1.82, 2.24) is 0 Å². The van der Waals surface area contributed by atoms with Gasteiger partial charge in [-0.2, -0.15) is 0 Å². The van der Waals surface area contributed by atoms with Crippen molar-refractivity contribution in [3.8, 4) is 0 Å². The van der Waals surface area contributed by atoms with Crippen LogP contribution in [0.1, 0.15) is 149 Å². The van der Waals surface area contributed by atoms with E-state index in [-0.39, 0.29) is 19.4 Å². The maximum Gasteiger partial charge on any atom is 0.469 e. The Kier molecular flexibility index (Phi) is 34.0. The number of unbranched alkanes of at least 4 members (excludes halogenated alkanes) is 12. The van der Waals surface area contributed by atoms with E-state index in [4.69, 9.17) is 19.3 Å². The van der Waals surface area contributed by atoms with Crippen molar-refractivity contribution in [3.63, 3.8) is 0 Å². The number of aliphatic hydroxyl groups is 1. The lowest BCUT2D eigenvalue weighted by Crippen LogP contribution is -2.29. The van der Waals surface area contributed by atoms with E-state index in [2.05, 4.69) is 42.7 Å². The van der Waals surface area contributed by atoms with Gasteiger partial charge in [-0.1, -0.05) is 138 Å². The van der Waals surface area contributed by atoms with Crippen LogP contribution in [0.5, 0.6) is 0 Å². The number of esters is 2. The molecular formula is C41H69O9P. The summed E-state index contributed by atoms with van der Waals surface area (Å²) in [5, 5.41) is 9.96. The molecule has 0 aliphatic heterocycles. The lowest BCUT2D eigenvalue weighted by molar-refractivity contribution is -0.161. The number of phosphoric acid groups is 1. The Balaban J connectivity index is 4.15. The molecule has 0 aromatic carbocycles. The lowest BCUT2D eigenvalue weighted by atomic mass is 10.1. The highest BCUT2D eigenvalue weighted by molar-refractivity contribution is 7.46. The van der Waals surface area contributed by atoms with Crippen molar-refractivity contribution >= 4 is 19.8 Å². The number of carbonyl (C=O) groups is 2. The minimum Gasteiger partial charge on any atom is -0.462 e. The fourth-order valence-electron chi connectivity index (χ4n) is 4.90. The molecule has 0 spiro atoms. The van der Waals surface area contributed by atoms with E-state index in [0.717, 1.165) is 44.9 Å². The van der Waals surface area contributed by atoms with E-state index < -0.39 is 38.6 Å². The third kappa shape index (κ3) is 38.5. The highest BCUT2D eigenvalue weighted by Gasteiger charge is 2.22. The molecule has 1 unspecified atom stereocenters. The Hall–Kier alpha value is -2.55. The first-order valence-corrected chi connectivity index (χ1v) is 20.9. The number of rotatable bonds is 34. The standard InChI is InChI=1S/C41H69O9P/c1-3-5-7-9-11-12-13-14-15-16-17-18-23-27-31-35-41(44)50-39(37-49-51(45,46)47)36-48-40(43)34-30-26-22-20-19-21-25-29-33-38(42)32-28-24-10-8-6-4-2/h6,8,12-13,20-22,24-25,28-29,33,38-39,42H,3-5,7,9-11,14-19,23,26-27,30-32,34-37H2,1-2H3,(H2,45,46,47)/b8-6-,13-12-,22-20-,25-21-,28-24-,33-29+/t38?,39-/m1/s1. The van der Waals surface area contributed by atoms with Gasteiger partial charge in [0.2, 0.25) is 0 Å². The summed E-state index contributed by atoms with van der Waals surface area (Å²) < 4.78 is 26.2. The Morgan fingerprint density at radius 1 is 0.627 bits per heavy atom. The molecule has 0 aromatic rings. The molecule has 292 valence electrons. The van der Waals surface area contributed by atoms with Crippen LogP contribution in [-0.2, 0) is 28.2 Å². The molecule has 0 rings (SSSR count). The van der Waals surface area contributed by atoms with Crippen LogP contribution in [0.15, 0.2) is 72.9 Å². The van der Waals surface area contributed by atoms with Crippen LogP contribution in [0.4, 0.5) is 0 Å². The second-order valence-corrected chi connectivity index (χ2v) is 14.0. The quantitative estimate of drug-likeness (QED) is 0.0194. The number of phosphoric ester groups is 1. The molecule has 0 saturated heterocycles. The van der Waals surface area contributed by atoms with E-state index in [9.17, 15) is 19.3 Å². The fraction of sp³-hybridized carbons (Fsp3) is 0.659. The largest absolute Gasteiger partial charge is 0.469 e. The first-order chi connectivity index (χ1) is 24.7. The van der Waals surface area contributed by atoms with E-state index >= 15 is 0 Å². The summed E-state index contributed by atoms with van der Waals surface area (Å²) in [7, 11) is -4.78. The Labute approximate surface area is 309 Å². The van der Waals surface area contributed by atoms with E-state index in [1.54, 1.807) is 6.08 Å². The van der Waals surface area contributed by atoms with E-state index in [0.29, 0.717) is 25.7 Å². The van der Waals surface area contributed by atoms with Gasteiger partial charge in [0.15, 0.2) is 6.10 Å². The van der Waals surface area contributed by atoms with Crippen molar-refractivity contribution in [1.29, 1.82) is 0 Å². The topological polar surface area (TPSA) is 140 Å². The molecule has 0 amide bonds. The van der Waals surface area contributed by atoms with Crippen molar-refractivity contribution in [2.45, 2.75) is 161 Å². The monoisotopic (exact) mass is 736 g/mol. The Morgan fingerprint density at radius 3 is 1.88 bits per heavy atom. The number of ether oxygens (including phenoxy) is 2. The van der Waals surface area contributed by atoms with Crippen LogP contribution in [0.25, 0.3) is 0 Å². The van der Waals surface area contributed by atoms with Gasteiger partial charge >= 0.3 is 19.8 Å². The molecule has 0 bridgehead atoms. The van der Waals surface area contributed by atoms with Crippen LogP contribution in [0, 0.1) is 0 Å². The molecule has 2 atom stereocenters. The summed E-state index contributed by atoms with van der Waals surface area (Å²) in [6.45, 7) is 3.41. The van der Waals surface area contributed by atoms with Crippen molar-refractivity contribution < 1.29 is 43.0 Å². The summed E-state index contributed by atoms with van der Waals surface area (Å²) in [5.41, 5.74) is 0. The van der Waals surface area contributed by atoms with E-state index in [1.165, 1.54) is 51.4 Å². The zero-order valence-corrected chi connectivity index (χ0v) is 32.5. The third-order valence-electron chi connectivity index (χ3n) is 7.79. The van der Waals surface area contributed by atoms with Gasteiger partial charge in [0.05, 0.1) is 12.7 Å². The number of carbonyl (C=O) groups excluding carboxylic acids is 2. The smallest absolute Gasteiger partial charge is 0.462 e. The Bertz CT molecular complexity index is 1070. The average Bonchev–Trinajstić information content (AvgIpc) is 3.09. The van der Waals surface area contributed by atoms with Gasteiger partial charge in [0, 0.05) is 12.8 Å². The van der Waals surface area contributed by atoms with Gasteiger partial charge in [-0.25, -0.2) is 4.57 Å². The summed E-state index contributed by atoms with van der Waals surface area (Å²) in [5.74, 6) is -1.00. The SMILES string of the molecule is CC/C=C\C/C=C\CC(O)/C=C/C=C\C/C=C\CCCC(=O)OC[C@H](COP(=O)(O)O)OC(=O)CCCCCCCCC/C=C\CCCCCC. The minimum atomic E-state index is -4.78. The normalized spacial score (nSPS) is 13.9. The highest BCUT2D eigenvalue weighted by Crippen LogP contribution is 2.36. The zero-order chi connectivity index (χ0) is 37.7. The summed E-state index contributed by atoms with van der Waals surface area (Å²) in [4.78, 5) is 42.7. The molecule has 9 nitrogen and oxygen atoms in total. The van der Waals surface area contributed by atoms with Gasteiger partial charge in [0.1, 0.15) is 6.61 Å². The molecule has 0 radical (unpaired) electrons. The predicted octanol–water partition coefficient (Wildman–Crippen LogP) is 10.5. The molecule has 10 heteroatoms. The molecule has 0 aliphatic carbocycles. The second-order valence-electron chi connectivity index (χ2n) is 12.7. The van der Waals surface area contributed by atoms with Gasteiger partial charge in [-0.3, -0.25) is 14.1 Å². The predicted molar refractivity (Wildman–Crippen MR) is 208 cm³/mol. The molecule has 0 fully saturated rings. The number of aliphatic hydroxyl groups excluding tert-OH is 1. The first kappa shape index (κ1) is 48.5. The zero-order valence-electron chi connectivity index (χ0n) is 31.6. The Morgan fingerprint density at radius 2 is 1.20 bits per heavy atom. The number of hydrogen-bond donors (Lipinski definition) is 3. The van der Waals surface area contributed by atoms with Crippen molar-refractivity contribution in [3.05, 3.63) is 72.9 Å². The minimum absolute atomic E-state index is 0.153. The summed E-state index contributed by atoms with van der Waals surface area (Å²) >= 11 is 0. The van der Waals surface area contributed by atoms with Crippen LogP contribution in [0.3, 0.4) is 0 Å². The van der Waals surface area contributed by atoms with Gasteiger partial charge in [-0.05, 0) is 70.6 Å². The molecular weight excluding hydrogens is 667 g/mol. The maximum absolute atomic E-state index is 12.4. The van der Waals surface area contributed by atoms with Gasteiger partial charge in [0.25, 0.3) is 0 Å². The lowest BCUT2D eigenvalue weighted by Gasteiger charge is -2.18. The maximum atomic E-state index is 12.4. The first-order valence-electron chi connectivity index (χ1n) is 19.3. The molecule has 3 N–H and O–H groups in total.